The van der Waals surface area contributed by atoms with Crippen molar-refractivity contribution in [1.29, 1.82) is 0 Å². The normalized spacial score (nSPS) is 11.9. The van der Waals surface area contributed by atoms with Crippen molar-refractivity contribution in [3.63, 3.8) is 0 Å². The summed E-state index contributed by atoms with van der Waals surface area (Å²) in [5.74, 6) is 0. The molecule has 0 atom stereocenters. The molecule has 0 bridgehead atoms. The van der Waals surface area contributed by atoms with E-state index in [-0.39, 0.29) is 5.39 Å². The molecule has 1 nitrogen and oxygen atoms in total. The Labute approximate surface area is 84.3 Å². The van der Waals surface area contributed by atoms with Gasteiger partial charge in [-0.3, -0.25) is 0 Å². The average Bonchev–Trinajstić information content (AvgIpc) is 2.17. The maximum absolute atomic E-state index is 12.6. The highest BCUT2D eigenvalue weighted by atomic mass is 19.4. The second-order valence-corrected chi connectivity index (χ2v) is 3.25. The van der Waals surface area contributed by atoms with Crippen LogP contribution in [0.4, 0.5) is 18.9 Å². The largest absolute Gasteiger partial charge is 0.417 e. The van der Waals surface area contributed by atoms with Crippen molar-refractivity contribution in [1.82, 2.24) is 0 Å². The Hall–Kier alpha value is -1.71. The van der Waals surface area contributed by atoms with Crippen LogP contribution in [0.1, 0.15) is 5.56 Å². The Kier molecular flexibility index (Phi) is 2.07. The van der Waals surface area contributed by atoms with Gasteiger partial charge in [0.1, 0.15) is 0 Å². The first kappa shape index (κ1) is 9.83. The second kappa shape index (κ2) is 3.15. The molecule has 0 aromatic heterocycles. The lowest BCUT2D eigenvalue weighted by Gasteiger charge is -2.11. The van der Waals surface area contributed by atoms with Gasteiger partial charge in [0, 0.05) is 11.1 Å². The molecule has 2 rings (SSSR count). The van der Waals surface area contributed by atoms with E-state index in [4.69, 9.17) is 5.73 Å². The van der Waals surface area contributed by atoms with Gasteiger partial charge in [0.05, 0.1) is 5.56 Å². The van der Waals surface area contributed by atoms with E-state index in [1.165, 1.54) is 12.1 Å². The lowest BCUT2D eigenvalue weighted by atomic mass is 10.0. The average molecular weight is 211 g/mol. The number of nitrogen functional groups attached to an aromatic ring is 1. The number of fused-ring (bicyclic) bond motifs is 1. The van der Waals surface area contributed by atoms with Crippen molar-refractivity contribution >= 4 is 16.5 Å². The minimum Gasteiger partial charge on any atom is -0.398 e. The molecule has 0 heterocycles. The van der Waals surface area contributed by atoms with Crippen LogP contribution in [0, 0.1) is 0 Å². The van der Waals surface area contributed by atoms with Gasteiger partial charge in [0.25, 0.3) is 0 Å². The summed E-state index contributed by atoms with van der Waals surface area (Å²) in [5.41, 5.74) is 5.31. The van der Waals surface area contributed by atoms with Crippen LogP contribution in [-0.2, 0) is 6.18 Å². The SMILES string of the molecule is Nc1ccc(C(F)(F)F)c2ccccc12. The molecule has 0 spiro atoms. The van der Waals surface area contributed by atoms with Crippen molar-refractivity contribution in [2.75, 3.05) is 5.73 Å². The maximum atomic E-state index is 12.6. The van der Waals surface area contributed by atoms with E-state index in [0.29, 0.717) is 11.1 Å². The first-order valence-corrected chi connectivity index (χ1v) is 4.34. The Bertz CT molecular complexity index is 503. The van der Waals surface area contributed by atoms with Gasteiger partial charge in [-0.05, 0) is 17.5 Å². The number of anilines is 1. The van der Waals surface area contributed by atoms with Crippen LogP contribution in [0.25, 0.3) is 10.8 Å². The highest BCUT2D eigenvalue weighted by Gasteiger charge is 2.32. The van der Waals surface area contributed by atoms with Crippen LogP contribution >= 0.6 is 0 Å². The molecule has 0 unspecified atom stereocenters. The van der Waals surface area contributed by atoms with Crippen LogP contribution < -0.4 is 5.73 Å². The molecule has 0 aliphatic carbocycles. The minimum absolute atomic E-state index is 0.144. The van der Waals surface area contributed by atoms with Crippen molar-refractivity contribution in [2.45, 2.75) is 6.18 Å². The third kappa shape index (κ3) is 1.63. The van der Waals surface area contributed by atoms with Gasteiger partial charge in [0.2, 0.25) is 0 Å². The molecule has 0 aliphatic heterocycles. The van der Waals surface area contributed by atoms with Crippen molar-refractivity contribution in [3.8, 4) is 0 Å². The number of halogens is 3. The van der Waals surface area contributed by atoms with Gasteiger partial charge >= 0.3 is 6.18 Å². The fraction of sp³-hybridized carbons (Fsp3) is 0.0909. The Morgan fingerprint density at radius 1 is 0.867 bits per heavy atom. The number of nitrogens with two attached hydrogens (primary N) is 1. The standard InChI is InChI=1S/C11H8F3N/c12-11(13,14)9-5-6-10(15)8-4-2-1-3-7(8)9/h1-6H,15H2. The highest BCUT2D eigenvalue weighted by molar-refractivity contribution is 5.95. The first-order chi connectivity index (χ1) is 7.00. The summed E-state index contributed by atoms with van der Waals surface area (Å²) in [5, 5.41) is 0.581. The van der Waals surface area contributed by atoms with Crippen LogP contribution in [0.5, 0.6) is 0 Å². The molecule has 0 aliphatic rings. The predicted molar refractivity (Wildman–Crippen MR) is 53.4 cm³/mol. The van der Waals surface area contributed by atoms with E-state index < -0.39 is 11.7 Å². The summed E-state index contributed by atoms with van der Waals surface area (Å²) in [6, 6.07) is 8.53. The molecule has 0 fully saturated rings. The monoisotopic (exact) mass is 211 g/mol. The lowest BCUT2D eigenvalue weighted by molar-refractivity contribution is -0.136. The van der Waals surface area contributed by atoms with Crippen molar-refractivity contribution < 1.29 is 13.2 Å². The summed E-state index contributed by atoms with van der Waals surface area (Å²) in [6.45, 7) is 0. The molecule has 0 amide bonds. The quantitative estimate of drug-likeness (QED) is 0.663. The highest BCUT2D eigenvalue weighted by Crippen LogP contribution is 2.36. The molecule has 0 saturated carbocycles. The second-order valence-electron chi connectivity index (χ2n) is 3.25. The molecule has 2 N–H and O–H groups in total. The lowest BCUT2D eigenvalue weighted by Crippen LogP contribution is -2.06. The van der Waals surface area contributed by atoms with Crippen LogP contribution in [0.2, 0.25) is 0 Å². The molecular formula is C11H8F3N. The van der Waals surface area contributed by atoms with Gasteiger partial charge in [-0.25, -0.2) is 0 Å². The van der Waals surface area contributed by atoms with E-state index >= 15 is 0 Å². The smallest absolute Gasteiger partial charge is 0.398 e. The Morgan fingerprint density at radius 2 is 1.47 bits per heavy atom. The molecule has 2 aromatic carbocycles. The Morgan fingerprint density at radius 3 is 2.07 bits per heavy atom. The molecular weight excluding hydrogens is 203 g/mol. The fourth-order valence-corrected chi connectivity index (χ4v) is 1.57. The van der Waals surface area contributed by atoms with E-state index in [2.05, 4.69) is 0 Å². The maximum Gasteiger partial charge on any atom is 0.417 e. The topological polar surface area (TPSA) is 26.0 Å². The van der Waals surface area contributed by atoms with Crippen molar-refractivity contribution in [3.05, 3.63) is 42.0 Å². The zero-order chi connectivity index (χ0) is 11.1. The summed E-state index contributed by atoms with van der Waals surface area (Å²) in [6.07, 6.45) is -4.34. The molecule has 15 heavy (non-hydrogen) atoms. The predicted octanol–water partition coefficient (Wildman–Crippen LogP) is 3.44. The molecule has 2 aromatic rings. The summed E-state index contributed by atoms with van der Waals surface area (Å²) < 4.78 is 37.8. The van der Waals surface area contributed by atoms with E-state index in [0.717, 1.165) is 6.07 Å². The molecule has 0 radical (unpaired) electrons. The zero-order valence-electron chi connectivity index (χ0n) is 7.68. The Balaban J connectivity index is 2.84. The first-order valence-electron chi connectivity index (χ1n) is 4.34. The van der Waals surface area contributed by atoms with Gasteiger partial charge in [-0.2, -0.15) is 13.2 Å². The van der Waals surface area contributed by atoms with Gasteiger partial charge in [-0.15, -0.1) is 0 Å². The van der Waals surface area contributed by atoms with Crippen LogP contribution in [-0.4, -0.2) is 0 Å². The van der Waals surface area contributed by atoms with E-state index in [1.807, 2.05) is 0 Å². The van der Waals surface area contributed by atoms with Crippen LogP contribution in [0.15, 0.2) is 36.4 Å². The summed E-state index contributed by atoms with van der Waals surface area (Å²) >= 11 is 0. The molecule has 78 valence electrons. The third-order valence-corrected chi connectivity index (χ3v) is 2.26. The number of alkyl halides is 3. The minimum atomic E-state index is -4.34. The van der Waals surface area contributed by atoms with Crippen molar-refractivity contribution in [2.24, 2.45) is 0 Å². The summed E-state index contributed by atoms with van der Waals surface area (Å²) in [4.78, 5) is 0. The third-order valence-electron chi connectivity index (χ3n) is 2.26. The van der Waals surface area contributed by atoms with Gasteiger partial charge in [0.15, 0.2) is 0 Å². The number of hydrogen-bond donors (Lipinski definition) is 1. The van der Waals surface area contributed by atoms with Gasteiger partial charge < -0.3 is 5.73 Å². The van der Waals surface area contributed by atoms with E-state index in [9.17, 15) is 13.2 Å². The van der Waals surface area contributed by atoms with Gasteiger partial charge in [-0.1, -0.05) is 24.3 Å². The molecule has 4 heteroatoms. The number of benzene rings is 2. The molecule has 0 saturated heterocycles. The van der Waals surface area contributed by atoms with Crippen LogP contribution in [0.3, 0.4) is 0 Å². The van der Waals surface area contributed by atoms with E-state index in [1.54, 1.807) is 18.2 Å². The zero-order valence-corrected chi connectivity index (χ0v) is 7.68. The number of rotatable bonds is 0. The fourth-order valence-electron chi connectivity index (χ4n) is 1.57. The number of hydrogen-bond acceptors (Lipinski definition) is 1. The summed E-state index contributed by atoms with van der Waals surface area (Å²) in [7, 11) is 0.